The van der Waals surface area contributed by atoms with Crippen molar-refractivity contribution < 1.29 is 21.5 Å². The van der Waals surface area contributed by atoms with Crippen molar-refractivity contribution in [1.82, 2.24) is 0 Å². The van der Waals surface area contributed by atoms with Gasteiger partial charge in [-0.05, 0) is 55.4 Å². The number of rotatable bonds is 1. The molecular formula is C16H20BrN. The van der Waals surface area contributed by atoms with E-state index in [9.17, 15) is 0 Å². The van der Waals surface area contributed by atoms with Crippen LogP contribution in [0, 0.1) is 23.7 Å². The molecular weight excluding hydrogens is 286 g/mol. The van der Waals surface area contributed by atoms with Crippen LogP contribution in [0.15, 0.2) is 36.7 Å². The van der Waals surface area contributed by atoms with E-state index < -0.39 is 0 Å². The summed E-state index contributed by atoms with van der Waals surface area (Å²) in [4.78, 5) is 0. The maximum atomic E-state index is 2.50. The third-order valence-electron chi connectivity index (χ3n) is 5.39. The molecule has 2 bridgehead atoms. The molecule has 18 heavy (non-hydrogen) atoms. The number of nitrogens with zero attached hydrogens (tertiary/aromatic N) is 1. The molecule has 0 aromatic carbocycles. The van der Waals surface area contributed by atoms with E-state index in [1.165, 1.54) is 32.1 Å². The van der Waals surface area contributed by atoms with Crippen LogP contribution in [0.3, 0.4) is 0 Å². The molecule has 1 aromatic rings. The Balaban J connectivity index is 0.000001000. The molecule has 1 heterocycles. The Kier molecular flexibility index (Phi) is 3.31. The largest absolute Gasteiger partial charge is 1.00 e. The second kappa shape index (κ2) is 4.80. The number of hydrogen-bond acceptors (Lipinski definition) is 0. The van der Waals surface area contributed by atoms with Crippen molar-refractivity contribution >= 4 is 5.70 Å². The zero-order valence-corrected chi connectivity index (χ0v) is 12.2. The third kappa shape index (κ3) is 1.85. The average Bonchev–Trinajstić information content (AvgIpc) is 3.01. The highest BCUT2D eigenvalue weighted by Gasteiger charge is 2.49. The predicted molar refractivity (Wildman–Crippen MR) is 68.0 cm³/mol. The Morgan fingerprint density at radius 2 is 1.67 bits per heavy atom. The molecule has 2 saturated carbocycles. The molecule has 0 radical (unpaired) electrons. The van der Waals surface area contributed by atoms with Gasteiger partial charge in [0.1, 0.15) is 0 Å². The standard InChI is InChI=1S/C16H20N.BrH/c1-2-8-17(9-3-1)14-6-7-15-12-4-5-13(10-12)16(15)11-14;/h1-3,6,8-9,12-13,15-16H,4-5,7,10-11H2;1H/q+1;/p-1/t12-,13+,15?,16?;/m0./s1. The monoisotopic (exact) mass is 305 g/mol. The van der Waals surface area contributed by atoms with Crippen LogP contribution < -0.4 is 21.5 Å². The average molecular weight is 306 g/mol. The summed E-state index contributed by atoms with van der Waals surface area (Å²) in [5.74, 6) is 4.16. The molecule has 0 spiro atoms. The van der Waals surface area contributed by atoms with Gasteiger partial charge in [0.25, 0.3) is 0 Å². The van der Waals surface area contributed by atoms with Crippen molar-refractivity contribution in [2.24, 2.45) is 23.7 Å². The fourth-order valence-corrected chi connectivity index (χ4v) is 4.61. The summed E-state index contributed by atoms with van der Waals surface area (Å²) in [5, 5.41) is 0. The van der Waals surface area contributed by atoms with Gasteiger partial charge in [-0.1, -0.05) is 6.07 Å². The van der Waals surface area contributed by atoms with Crippen LogP contribution in [0.1, 0.15) is 32.1 Å². The van der Waals surface area contributed by atoms with E-state index in [2.05, 4.69) is 41.2 Å². The van der Waals surface area contributed by atoms with Crippen LogP contribution >= 0.6 is 0 Å². The fraction of sp³-hybridized carbons (Fsp3) is 0.562. The SMILES string of the molecule is C1=C([n+]2ccccc2)CC2C(C1)[C@H]1CC[C@@H]2C1.[Br-]. The van der Waals surface area contributed by atoms with Gasteiger partial charge in [-0.3, -0.25) is 0 Å². The minimum absolute atomic E-state index is 0. The summed E-state index contributed by atoms with van der Waals surface area (Å²) in [5.41, 5.74) is 1.54. The highest BCUT2D eigenvalue weighted by atomic mass is 79.9. The van der Waals surface area contributed by atoms with E-state index in [0.29, 0.717) is 0 Å². The first kappa shape index (κ1) is 12.4. The van der Waals surface area contributed by atoms with Gasteiger partial charge >= 0.3 is 0 Å². The van der Waals surface area contributed by atoms with E-state index in [-0.39, 0.29) is 17.0 Å². The molecule has 0 aliphatic heterocycles. The maximum Gasteiger partial charge on any atom is 0.183 e. The molecule has 4 atom stereocenters. The second-order valence-electron chi connectivity index (χ2n) is 6.08. The van der Waals surface area contributed by atoms with Crippen LogP contribution in [-0.4, -0.2) is 0 Å². The van der Waals surface area contributed by atoms with Gasteiger partial charge in [-0.2, -0.15) is 4.57 Å². The summed E-state index contributed by atoms with van der Waals surface area (Å²) in [6.07, 6.45) is 14.1. The Morgan fingerprint density at radius 3 is 2.44 bits per heavy atom. The molecule has 0 N–H and O–H groups in total. The minimum Gasteiger partial charge on any atom is -1.00 e. The Hall–Kier alpha value is -0.630. The predicted octanol–water partition coefficient (Wildman–Crippen LogP) is 0.275. The highest BCUT2D eigenvalue weighted by molar-refractivity contribution is 5.36. The minimum atomic E-state index is 0. The first-order valence-corrected chi connectivity index (χ1v) is 7.07. The van der Waals surface area contributed by atoms with Gasteiger partial charge in [0.2, 0.25) is 0 Å². The summed E-state index contributed by atoms with van der Waals surface area (Å²) in [7, 11) is 0. The van der Waals surface area contributed by atoms with Crippen LogP contribution in [0.2, 0.25) is 0 Å². The van der Waals surface area contributed by atoms with E-state index in [1.807, 2.05) is 0 Å². The van der Waals surface area contributed by atoms with Gasteiger partial charge in [0.15, 0.2) is 18.1 Å². The molecule has 2 fully saturated rings. The van der Waals surface area contributed by atoms with E-state index in [4.69, 9.17) is 0 Å². The zero-order valence-electron chi connectivity index (χ0n) is 10.6. The number of halogens is 1. The van der Waals surface area contributed by atoms with E-state index >= 15 is 0 Å². The van der Waals surface area contributed by atoms with Gasteiger partial charge in [-0.15, -0.1) is 0 Å². The Morgan fingerprint density at radius 1 is 0.944 bits per heavy atom. The van der Waals surface area contributed by atoms with Crippen molar-refractivity contribution in [2.45, 2.75) is 32.1 Å². The van der Waals surface area contributed by atoms with E-state index in [0.717, 1.165) is 23.7 Å². The van der Waals surface area contributed by atoms with Crippen molar-refractivity contribution in [3.63, 3.8) is 0 Å². The normalized spacial score (nSPS) is 36.8. The number of hydrogen-bond donors (Lipinski definition) is 0. The lowest BCUT2D eigenvalue weighted by molar-refractivity contribution is -0.584. The number of allylic oxidation sites excluding steroid dienone is 2. The molecule has 0 saturated heterocycles. The van der Waals surface area contributed by atoms with Crippen LogP contribution in [0.5, 0.6) is 0 Å². The molecule has 96 valence electrons. The van der Waals surface area contributed by atoms with Crippen LogP contribution in [0.4, 0.5) is 0 Å². The molecule has 2 heteroatoms. The fourth-order valence-electron chi connectivity index (χ4n) is 4.61. The van der Waals surface area contributed by atoms with Crippen molar-refractivity contribution in [1.29, 1.82) is 0 Å². The summed E-state index contributed by atoms with van der Waals surface area (Å²) >= 11 is 0. The van der Waals surface area contributed by atoms with Crippen LogP contribution in [0.25, 0.3) is 5.70 Å². The van der Waals surface area contributed by atoms with Gasteiger partial charge in [-0.25, -0.2) is 0 Å². The lowest BCUT2D eigenvalue weighted by Crippen LogP contribution is -3.00. The van der Waals surface area contributed by atoms with Crippen molar-refractivity contribution in [2.75, 3.05) is 0 Å². The Labute approximate surface area is 120 Å². The summed E-state index contributed by atoms with van der Waals surface area (Å²) < 4.78 is 2.32. The smallest absolute Gasteiger partial charge is 0.183 e. The lowest BCUT2D eigenvalue weighted by Gasteiger charge is -2.32. The number of aromatic nitrogens is 1. The molecule has 4 rings (SSSR count). The maximum absolute atomic E-state index is 2.50. The van der Waals surface area contributed by atoms with Gasteiger partial charge in [0.05, 0.1) is 0 Å². The Bertz CT molecular complexity index is 453. The van der Waals surface area contributed by atoms with Crippen LogP contribution in [-0.2, 0) is 0 Å². The molecule has 1 aromatic heterocycles. The number of pyridine rings is 1. The molecule has 3 aliphatic rings. The van der Waals surface area contributed by atoms with E-state index in [1.54, 1.807) is 5.70 Å². The van der Waals surface area contributed by atoms with Crippen molar-refractivity contribution in [3.05, 3.63) is 36.7 Å². The first-order valence-electron chi connectivity index (χ1n) is 7.07. The molecule has 2 unspecified atom stereocenters. The van der Waals surface area contributed by atoms with Crippen molar-refractivity contribution in [3.8, 4) is 0 Å². The second-order valence-corrected chi connectivity index (χ2v) is 6.08. The first-order chi connectivity index (χ1) is 8.42. The number of fused-ring (bicyclic) bond motifs is 5. The summed E-state index contributed by atoms with van der Waals surface area (Å²) in [6.45, 7) is 0. The summed E-state index contributed by atoms with van der Waals surface area (Å²) in [6, 6.07) is 6.36. The zero-order chi connectivity index (χ0) is 11.2. The molecule has 3 aliphatic carbocycles. The van der Waals surface area contributed by atoms with Gasteiger partial charge in [0, 0.05) is 18.6 Å². The highest BCUT2D eigenvalue weighted by Crippen LogP contribution is 2.57. The van der Waals surface area contributed by atoms with Gasteiger partial charge < -0.3 is 17.0 Å². The molecule has 0 amide bonds. The lowest BCUT2D eigenvalue weighted by atomic mass is 9.72. The third-order valence-corrected chi connectivity index (χ3v) is 5.39. The quantitative estimate of drug-likeness (QED) is 0.656. The topological polar surface area (TPSA) is 3.88 Å². The molecule has 1 nitrogen and oxygen atoms in total.